The minimum atomic E-state index is -0.803. The summed E-state index contributed by atoms with van der Waals surface area (Å²) in [5.41, 5.74) is -0.972. The molecule has 0 aliphatic heterocycles. The van der Waals surface area contributed by atoms with E-state index in [0.717, 1.165) is 0 Å². The summed E-state index contributed by atoms with van der Waals surface area (Å²) in [5, 5.41) is 18.2. The van der Waals surface area contributed by atoms with Gasteiger partial charge in [-0.3, -0.25) is 4.79 Å². The molecule has 1 N–H and O–H groups in total. The van der Waals surface area contributed by atoms with Gasteiger partial charge in [-0.05, 0) is 32.4 Å². The molecule has 0 aliphatic carbocycles. The van der Waals surface area contributed by atoms with Crippen LogP contribution in [0.5, 0.6) is 0 Å². The molecule has 0 spiro atoms. The highest BCUT2D eigenvalue weighted by molar-refractivity contribution is 5.24. The van der Waals surface area contributed by atoms with E-state index >= 15 is 0 Å². The van der Waals surface area contributed by atoms with Crippen LogP contribution in [-0.4, -0.2) is 15.3 Å². The Morgan fingerprint density at radius 2 is 2.27 bits per heavy atom. The third-order valence-corrected chi connectivity index (χ3v) is 2.11. The second kappa shape index (κ2) is 4.28. The van der Waals surface area contributed by atoms with Gasteiger partial charge in [-0.25, -0.2) is 0 Å². The molecule has 0 saturated carbocycles. The van der Waals surface area contributed by atoms with Crippen LogP contribution in [0, 0.1) is 11.3 Å². The van der Waals surface area contributed by atoms with Gasteiger partial charge in [0.25, 0.3) is 5.56 Å². The Labute approximate surface area is 88.4 Å². The fraction of sp³-hybridized carbons (Fsp3) is 0.455. The van der Waals surface area contributed by atoms with E-state index in [-0.39, 0.29) is 11.1 Å². The molecule has 15 heavy (non-hydrogen) atoms. The zero-order chi connectivity index (χ0) is 11.5. The third-order valence-electron chi connectivity index (χ3n) is 2.11. The van der Waals surface area contributed by atoms with Crippen LogP contribution in [0.25, 0.3) is 0 Å². The van der Waals surface area contributed by atoms with E-state index in [2.05, 4.69) is 0 Å². The average Bonchev–Trinajstić information content (AvgIpc) is 2.15. The number of nitrogens with zero attached hydrogens (tertiary/aromatic N) is 2. The second-order valence-corrected chi connectivity index (χ2v) is 4.09. The molecule has 0 unspecified atom stereocenters. The molecule has 0 aromatic carbocycles. The number of hydrogen-bond acceptors (Lipinski definition) is 3. The second-order valence-electron chi connectivity index (χ2n) is 4.09. The van der Waals surface area contributed by atoms with Crippen molar-refractivity contribution < 1.29 is 5.11 Å². The summed E-state index contributed by atoms with van der Waals surface area (Å²) < 4.78 is 1.44. The number of nitriles is 1. The molecule has 0 radical (unpaired) electrons. The molecule has 1 heterocycles. The van der Waals surface area contributed by atoms with Crippen LogP contribution in [0.3, 0.4) is 0 Å². The van der Waals surface area contributed by atoms with Gasteiger partial charge < -0.3 is 9.67 Å². The Bertz CT molecular complexity index is 435. The van der Waals surface area contributed by atoms with Gasteiger partial charge in [-0.15, -0.1) is 0 Å². The van der Waals surface area contributed by atoms with E-state index in [1.54, 1.807) is 26.1 Å². The first-order chi connectivity index (χ1) is 6.94. The molecule has 80 valence electrons. The molecule has 0 fully saturated rings. The zero-order valence-electron chi connectivity index (χ0n) is 8.90. The normalized spacial score (nSPS) is 11.1. The lowest BCUT2D eigenvalue weighted by molar-refractivity contribution is 0.0659. The first-order valence-electron chi connectivity index (χ1n) is 4.76. The van der Waals surface area contributed by atoms with Gasteiger partial charge in [0.1, 0.15) is 11.6 Å². The van der Waals surface area contributed by atoms with Crippen molar-refractivity contribution in [2.75, 3.05) is 0 Å². The lowest BCUT2D eigenvalue weighted by atomic mass is 10.1. The molecule has 4 nitrogen and oxygen atoms in total. The van der Waals surface area contributed by atoms with E-state index in [9.17, 15) is 9.90 Å². The van der Waals surface area contributed by atoms with Crippen molar-refractivity contribution in [3.8, 4) is 6.07 Å². The van der Waals surface area contributed by atoms with E-state index in [1.165, 1.54) is 10.6 Å². The number of pyridine rings is 1. The maximum atomic E-state index is 11.6. The standard InChI is InChI=1S/C11H14N2O2/c1-11(2,15)5-7-13-6-3-4-9(8-12)10(13)14/h3-4,6,15H,5,7H2,1-2H3. The number of hydrogen-bond donors (Lipinski definition) is 1. The topological polar surface area (TPSA) is 66.0 Å². The maximum absolute atomic E-state index is 11.6. The van der Waals surface area contributed by atoms with Crippen LogP contribution in [0.4, 0.5) is 0 Å². The number of aromatic nitrogens is 1. The van der Waals surface area contributed by atoms with Crippen molar-refractivity contribution in [3.63, 3.8) is 0 Å². The van der Waals surface area contributed by atoms with Gasteiger partial charge in [-0.1, -0.05) is 0 Å². The Morgan fingerprint density at radius 1 is 1.60 bits per heavy atom. The molecule has 0 saturated heterocycles. The predicted molar refractivity (Wildman–Crippen MR) is 56.3 cm³/mol. The fourth-order valence-corrected chi connectivity index (χ4v) is 1.19. The summed E-state index contributed by atoms with van der Waals surface area (Å²) >= 11 is 0. The Kier molecular flexibility index (Phi) is 3.28. The molecule has 1 rings (SSSR count). The smallest absolute Gasteiger partial charge is 0.268 e. The van der Waals surface area contributed by atoms with Crippen LogP contribution in [0.15, 0.2) is 23.1 Å². The molecule has 1 aromatic rings. The molecule has 0 bridgehead atoms. The minimum Gasteiger partial charge on any atom is -0.390 e. The number of aryl methyl sites for hydroxylation is 1. The SMILES string of the molecule is CC(C)(O)CCn1cccc(C#N)c1=O. The van der Waals surface area contributed by atoms with E-state index in [0.29, 0.717) is 13.0 Å². The summed E-state index contributed by atoms with van der Waals surface area (Å²) in [6.45, 7) is 3.79. The lowest BCUT2D eigenvalue weighted by Gasteiger charge is -2.17. The van der Waals surface area contributed by atoms with E-state index < -0.39 is 5.60 Å². The van der Waals surface area contributed by atoms with E-state index in [4.69, 9.17) is 5.26 Å². The fourth-order valence-electron chi connectivity index (χ4n) is 1.19. The molecule has 4 heteroatoms. The molecule has 0 aliphatic rings. The Balaban J connectivity index is 2.89. The third kappa shape index (κ3) is 3.22. The van der Waals surface area contributed by atoms with Gasteiger partial charge in [0.05, 0.1) is 5.60 Å². The highest BCUT2D eigenvalue weighted by Gasteiger charge is 2.12. The van der Waals surface area contributed by atoms with Gasteiger partial charge in [0.2, 0.25) is 0 Å². The number of aliphatic hydroxyl groups is 1. The van der Waals surface area contributed by atoms with Crippen LogP contribution < -0.4 is 5.56 Å². The van der Waals surface area contributed by atoms with Crippen LogP contribution in [0.1, 0.15) is 25.8 Å². The number of rotatable bonds is 3. The minimum absolute atomic E-state index is 0.133. The molecule has 0 amide bonds. The molecule has 0 atom stereocenters. The van der Waals surface area contributed by atoms with Crippen molar-refractivity contribution in [1.82, 2.24) is 4.57 Å². The average molecular weight is 206 g/mol. The summed E-state index contributed by atoms with van der Waals surface area (Å²) in [6.07, 6.45) is 2.09. The zero-order valence-corrected chi connectivity index (χ0v) is 8.90. The Hall–Kier alpha value is -1.60. The summed E-state index contributed by atoms with van der Waals surface area (Å²) in [7, 11) is 0. The van der Waals surface area contributed by atoms with Crippen molar-refractivity contribution in [3.05, 3.63) is 34.2 Å². The van der Waals surface area contributed by atoms with Crippen LogP contribution >= 0.6 is 0 Å². The van der Waals surface area contributed by atoms with Crippen LogP contribution in [0.2, 0.25) is 0 Å². The van der Waals surface area contributed by atoms with Gasteiger partial charge in [-0.2, -0.15) is 5.26 Å². The quantitative estimate of drug-likeness (QED) is 0.798. The summed E-state index contributed by atoms with van der Waals surface area (Å²) in [6, 6.07) is 4.98. The highest BCUT2D eigenvalue weighted by atomic mass is 16.3. The van der Waals surface area contributed by atoms with Gasteiger partial charge in [0.15, 0.2) is 0 Å². The predicted octanol–water partition coefficient (Wildman–Crippen LogP) is 0.881. The molecular weight excluding hydrogens is 192 g/mol. The molecule has 1 aromatic heterocycles. The van der Waals surface area contributed by atoms with Crippen molar-refractivity contribution >= 4 is 0 Å². The van der Waals surface area contributed by atoms with E-state index in [1.807, 2.05) is 6.07 Å². The first-order valence-corrected chi connectivity index (χ1v) is 4.76. The van der Waals surface area contributed by atoms with Crippen molar-refractivity contribution in [1.29, 1.82) is 5.26 Å². The monoisotopic (exact) mass is 206 g/mol. The van der Waals surface area contributed by atoms with Gasteiger partial charge >= 0.3 is 0 Å². The maximum Gasteiger partial charge on any atom is 0.268 e. The summed E-state index contributed by atoms with van der Waals surface area (Å²) in [4.78, 5) is 11.6. The lowest BCUT2D eigenvalue weighted by Crippen LogP contribution is -2.27. The first kappa shape index (κ1) is 11.5. The van der Waals surface area contributed by atoms with Crippen LogP contribution in [-0.2, 0) is 6.54 Å². The largest absolute Gasteiger partial charge is 0.390 e. The van der Waals surface area contributed by atoms with Gasteiger partial charge in [0, 0.05) is 12.7 Å². The molecular formula is C11H14N2O2. The summed E-state index contributed by atoms with van der Waals surface area (Å²) in [5.74, 6) is 0. The Morgan fingerprint density at radius 3 is 2.80 bits per heavy atom. The van der Waals surface area contributed by atoms with Crippen molar-refractivity contribution in [2.45, 2.75) is 32.4 Å². The van der Waals surface area contributed by atoms with Crippen molar-refractivity contribution in [2.24, 2.45) is 0 Å². The highest BCUT2D eigenvalue weighted by Crippen LogP contribution is 2.07.